The van der Waals surface area contributed by atoms with E-state index in [1.165, 1.54) is 19.2 Å². The molecule has 0 aliphatic rings. The molecule has 0 saturated heterocycles. The fourth-order valence-electron chi connectivity index (χ4n) is 2.63. The maximum absolute atomic E-state index is 12.9. The maximum atomic E-state index is 12.9. The fourth-order valence-corrected chi connectivity index (χ4v) is 2.83. The molecule has 0 unspecified atom stereocenters. The van der Waals surface area contributed by atoms with Crippen LogP contribution in [0.4, 0.5) is 5.69 Å². The summed E-state index contributed by atoms with van der Waals surface area (Å²) in [6.45, 7) is 1.44. The fraction of sp³-hybridized carbons (Fsp3) is 0.0909. The zero-order chi connectivity index (χ0) is 20.8. The molecule has 3 aromatic rings. The number of Topliss-reactive ketones (excluding diaryl/α,β-unsaturated/α-hetero) is 1. The van der Waals surface area contributed by atoms with Gasteiger partial charge in [0.25, 0.3) is 5.91 Å². The van der Waals surface area contributed by atoms with Crippen LogP contribution in [0.25, 0.3) is 0 Å². The van der Waals surface area contributed by atoms with E-state index in [2.05, 4.69) is 10.3 Å². The van der Waals surface area contributed by atoms with E-state index in [-0.39, 0.29) is 16.5 Å². The monoisotopic (exact) mass is 408 g/mol. The van der Waals surface area contributed by atoms with Crippen LogP contribution in [0.1, 0.15) is 39.3 Å². The quantitative estimate of drug-likeness (QED) is 0.369. The van der Waals surface area contributed by atoms with Crippen molar-refractivity contribution in [1.29, 1.82) is 0 Å². The average molecular weight is 409 g/mol. The highest BCUT2D eigenvalue weighted by Gasteiger charge is 2.27. The van der Waals surface area contributed by atoms with Crippen LogP contribution in [0.3, 0.4) is 0 Å². The van der Waals surface area contributed by atoms with Crippen LogP contribution in [0.5, 0.6) is 0 Å². The first kappa shape index (κ1) is 20.2. The van der Waals surface area contributed by atoms with Gasteiger partial charge in [-0.3, -0.25) is 9.59 Å². The lowest BCUT2D eigenvalue weighted by molar-refractivity contribution is -0.125. The average Bonchev–Trinajstić information content (AvgIpc) is 2.73. The van der Waals surface area contributed by atoms with Crippen molar-refractivity contribution < 1.29 is 19.1 Å². The van der Waals surface area contributed by atoms with Crippen molar-refractivity contribution in [1.82, 2.24) is 4.98 Å². The predicted octanol–water partition coefficient (Wildman–Crippen LogP) is 4.47. The van der Waals surface area contributed by atoms with Gasteiger partial charge in [-0.25, -0.2) is 9.78 Å². The number of hydrogen-bond donors (Lipinski definition) is 1. The number of carbonyl (C=O) groups excluding carboxylic acids is 3. The highest BCUT2D eigenvalue weighted by Crippen LogP contribution is 2.23. The first-order chi connectivity index (χ1) is 14.0. The molecule has 146 valence electrons. The number of ether oxygens (including phenoxy) is 1. The van der Waals surface area contributed by atoms with E-state index in [9.17, 15) is 14.4 Å². The number of halogens is 1. The van der Waals surface area contributed by atoms with Crippen molar-refractivity contribution >= 4 is 34.9 Å². The number of aromatic nitrogens is 1. The predicted molar refractivity (Wildman–Crippen MR) is 109 cm³/mol. The van der Waals surface area contributed by atoms with Gasteiger partial charge >= 0.3 is 5.97 Å². The Kier molecular flexibility index (Phi) is 6.36. The third kappa shape index (κ3) is 5.06. The van der Waals surface area contributed by atoms with E-state index < -0.39 is 18.0 Å². The Labute approximate surface area is 172 Å². The Morgan fingerprint density at radius 3 is 2.45 bits per heavy atom. The van der Waals surface area contributed by atoms with Gasteiger partial charge in [0.05, 0.1) is 5.56 Å². The summed E-state index contributed by atoms with van der Waals surface area (Å²) >= 11 is 5.96. The molecule has 0 saturated carbocycles. The van der Waals surface area contributed by atoms with Crippen molar-refractivity contribution in [3.8, 4) is 0 Å². The molecule has 29 heavy (non-hydrogen) atoms. The van der Waals surface area contributed by atoms with Gasteiger partial charge in [0.2, 0.25) is 6.10 Å². The van der Waals surface area contributed by atoms with Gasteiger partial charge in [-0.2, -0.15) is 0 Å². The molecule has 6 nitrogen and oxygen atoms in total. The van der Waals surface area contributed by atoms with Crippen molar-refractivity contribution in [2.45, 2.75) is 13.0 Å². The first-order valence-electron chi connectivity index (χ1n) is 8.74. The van der Waals surface area contributed by atoms with E-state index in [1.807, 2.05) is 0 Å². The molecule has 1 N–H and O–H groups in total. The van der Waals surface area contributed by atoms with Gasteiger partial charge in [-0.05, 0) is 31.2 Å². The van der Waals surface area contributed by atoms with Crippen molar-refractivity contribution in [3.05, 3.63) is 94.8 Å². The molecule has 2 aromatic carbocycles. The molecule has 0 spiro atoms. The van der Waals surface area contributed by atoms with Gasteiger partial charge in [-0.1, -0.05) is 54.1 Å². The molecule has 1 atom stereocenters. The normalized spacial score (nSPS) is 11.4. The van der Waals surface area contributed by atoms with Gasteiger partial charge in [0, 0.05) is 23.0 Å². The lowest BCUT2D eigenvalue weighted by Gasteiger charge is -2.18. The Morgan fingerprint density at radius 1 is 1.00 bits per heavy atom. The van der Waals surface area contributed by atoms with E-state index in [0.29, 0.717) is 16.8 Å². The number of hydrogen-bond acceptors (Lipinski definition) is 5. The van der Waals surface area contributed by atoms with Crippen molar-refractivity contribution in [3.63, 3.8) is 0 Å². The molecule has 1 amide bonds. The van der Waals surface area contributed by atoms with E-state index in [1.54, 1.807) is 60.7 Å². The van der Waals surface area contributed by atoms with Crippen LogP contribution in [0.15, 0.2) is 72.9 Å². The standard InChI is InChI=1S/C22H17ClN2O4/c1-14(26)16-9-5-10-17(13-16)25-21(27)19(15-7-3-2-4-8-15)29-22(28)18-11-6-12-24-20(18)23/h2-13,19H,1H3,(H,25,27)/t19-/m1/s1. The van der Waals surface area contributed by atoms with E-state index in [4.69, 9.17) is 16.3 Å². The van der Waals surface area contributed by atoms with Gasteiger partial charge in [0.15, 0.2) is 5.78 Å². The summed E-state index contributed by atoms with van der Waals surface area (Å²) in [4.78, 5) is 40.9. The second-order valence-electron chi connectivity index (χ2n) is 6.16. The minimum absolute atomic E-state index is 0.0149. The number of nitrogens with one attached hydrogen (secondary N) is 1. The summed E-state index contributed by atoms with van der Waals surface area (Å²) in [5.74, 6) is -1.46. The minimum Gasteiger partial charge on any atom is -0.444 e. The van der Waals surface area contributed by atoms with Crippen LogP contribution in [-0.2, 0) is 9.53 Å². The summed E-state index contributed by atoms with van der Waals surface area (Å²) in [5, 5.41) is 2.68. The van der Waals surface area contributed by atoms with E-state index in [0.717, 1.165) is 0 Å². The highest BCUT2D eigenvalue weighted by molar-refractivity contribution is 6.32. The molecule has 0 aliphatic carbocycles. The van der Waals surface area contributed by atoms with Crippen LogP contribution in [0.2, 0.25) is 5.15 Å². The molecular weight excluding hydrogens is 392 g/mol. The van der Waals surface area contributed by atoms with Gasteiger partial charge in [0.1, 0.15) is 5.15 Å². The highest BCUT2D eigenvalue weighted by atomic mass is 35.5. The van der Waals surface area contributed by atoms with Crippen LogP contribution >= 0.6 is 11.6 Å². The molecule has 0 bridgehead atoms. The lowest BCUT2D eigenvalue weighted by Crippen LogP contribution is -2.26. The minimum atomic E-state index is -1.22. The zero-order valence-electron chi connectivity index (χ0n) is 15.5. The smallest absolute Gasteiger partial charge is 0.342 e. The number of amides is 1. The number of nitrogens with zero attached hydrogens (tertiary/aromatic N) is 1. The van der Waals surface area contributed by atoms with Gasteiger partial charge < -0.3 is 10.1 Å². The topological polar surface area (TPSA) is 85.4 Å². The molecule has 7 heteroatoms. The SMILES string of the molecule is CC(=O)c1cccc(NC(=O)[C@H](OC(=O)c2cccnc2Cl)c2ccccc2)c1. The molecular formula is C22H17ClN2O4. The van der Waals surface area contributed by atoms with Crippen molar-refractivity contribution in [2.24, 2.45) is 0 Å². The molecule has 0 fully saturated rings. The summed E-state index contributed by atoms with van der Waals surface area (Å²) < 4.78 is 5.47. The third-order valence-corrected chi connectivity index (χ3v) is 4.38. The van der Waals surface area contributed by atoms with Crippen LogP contribution in [0, 0.1) is 0 Å². The number of benzene rings is 2. The number of ketones is 1. The summed E-state index contributed by atoms with van der Waals surface area (Å²) in [6, 6.07) is 18.1. The van der Waals surface area contributed by atoms with E-state index >= 15 is 0 Å². The molecule has 1 aromatic heterocycles. The second-order valence-corrected chi connectivity index (χ2v) is 6.52. The third-order valence-electron chi connectivity index (χ3n) is 4.08. The number of rotatable bonds is 6. The molecule has 3 rings (SSSR count). The number of pyridine rings is 1. The first-order valence-corrected chi connectivity index (χ1v) is 9.12. The molecule has 0 aliphatic heterocycles. The number of carbonyl (C=O) groups is 3. The van der Waals surface area contributed by atoms with Crippen LogP contribution in [-0.4, -0.2) is 22.6 Å². The summed E-state index contributed by atoms with van der Waals surface area (Å²) in [7, 11) is 0. The second kappa shape index (κ2) is 9.12. The number of anilines is 1. The maximum Gasteiger partial charge on any atom is 0.342 e. The van der Waals surface area contributed by atoms with Crippen LogP contribution < -0.4 is 5.32 Å². The Hall–Kier alpha value is -3.51. The molecule has 0 radical (unpaired) electrons. The summed E-state index contributed by atoms with van der Waals surface area (Å²) in [5.41, 5.74) is 1.42. The van der Waals surface area contributed by atoms with Crippen molar-refractivity contribution in [2.75, 3.05) is 5.32 Å². The lowest BCUT2D eigenvalue weighted by atomic mass is 10.1. The zero-order valence-corrected chi connectivity index (χ0v) is 16.2. The largest absolute Gasteiger partial charge is 0.444 e. The summed E-state index contributed by atoms with van der Waals surface area (Å²) in [6.07, 6.45) is 0.226. The Morgan fingerprint density at radius 2 is 1.76 bits per heavy atom. The number of esters is 1. The Bertz CT molecular complexity index is 1050. The molecule has 1 heterocycles. The Balaban J connectivity index is 1.87. The van der Waals surface area contributed by atoms with Gasteiger partial charge in [-0.15, -0.1) is 0 Å².